The van der Waals surface area contributed by atoms with Crippen LogP contribution in [0.5, 0.6) is 0 Å². The lowest BCUT2D eigenvalue weighted by molar-refractivity contribution is -0.141. The second-order valence-electron chi connectivity index (χ2n) is 8.42. The Hall–Kier alpha value is -2.24. The lowest BCUT2D eigenvalue weighted by atomic mass is 9.89. The Bertz CT molecular complexity index is 753. The monoisotopic (exact) mass is 355 g/mol. The number of H-pyrrole nitrogens is 1. The number of rotatable bonds is 3. The molecule has 2 aromatic rings. The van der Waals surface area contributed by atoms with Crippen molar-refractivity contribution in [2.75, 3.05) is 13.1 Å². The molecule has 0 bridgehead atoms. The van der Waals surface area contributed by atoms with E-state index in [1.165, 1.54) is 0 Å². The molecule has 1 fully saturated rings. The molecular weight excluding hydrogens is 326 g/mol. The third kappa shape index (κ3) is 3.94. The van der Waals surface area contributed by atoms with E-state index in [9.17, 15) is 4.79 Å². The minimum atomic E-state index is -0.316. The summed E-state index contributed by atoms with van der Waals surface area (Å²) in [5.74, 6) is 0.696. The Morgan fingerprint density at radius 1 is 1.27 bits per heavy atom. The molecular formula is C20H29N5O. The van der Waals surface area contributed by atoms with E-state index in [4.69, 9.17) is 0 Å². The number of aromatic amines is 1. The van der Waals surface area contributed by atoms with E-state index in [0.29, 0.717) is 5.92 Å². The molecule has 0 unspecified atom stereocenters. The van der Waals surface area contributed by atoms with Gasteiger partial charge in [0.2, 0.25) is 5.91 Å². The number of aryl methyl sites for hydroxylation is 2. The van der Waals surface area contributed by atoms with Crippen molar-refractivity contribution < 1.29 is 4.79 Å². The first-order chi connectivity index (χ1) is 12.3. The maximum atomic E-state index is 12.5. The van der Waals surface area contributed by atoms with Crippen molar-refractivity contribution in [3.63, 3.8) is 0 Å². The van der Waals surface area contributed by atoms with E-state index >= 15 is 0 Å². The lowest BCUT2D eigenvalue weighted by Gasteiger charge is -2.36. The van der Waals surface area contributed by atoms with E-state index in [1.54, 1.807) is 0 Å². The lowest BCUT2D eigenvalue weighted by Crippen LogP contribution is -2.45. The zero-order valence-electron chi connectivity index (χ0n) is 16.5. The predicted molar refractivity (Wildman–Crippen MR) is 102 cm³/mol. The predicted octanol–water partition coefficient (Wildman–Crippen LogP) is 3.31. The third-order valence-corrected chi connectivity index (χ3v) is 5.04. The largest absolute Gasteiger partial charge is 0.342 e. The molecule has 1 aliphatic rings. The molecule has 140 valence electrons. The van der Waals surface area contributed by atoms with Crippen LogP contribution in [-0.2, 0) is 11.2 Å². The maximum absolute atomic E-state index is 12.5. The van der Waals surface area contributed by atoms with Crippen molar-refractivity contribution in [1.82, 2.24) is 25.1 Å². The van der Waals surface area contributed by atoms with Gasteiger partial charge in [0.15, 0.2) is 0 Å². The van der Waals surface area contributed by atoms with Gasteiger partial charge in [-0.15, -0.1) is 0 Å². The van der Waals surface area contributed by atoms with Gasteiger partial charge in [-0.3, -0.25) is 19.9 Å². The Balaban J connectivity index is 1.67. The Kier molecular flexibility index (Phi) is 5.12. The highest BCUT2D eigenvalue weighted by molar-refractivity contribution is 5.81. The number of carbonyl (C=O) groups excluding carboxylic acids is 1. The first-order valence-electron chi connectivity index (χ1n) is 9.38. The number of nitrogens with one attached hydrogen (secondary N) is 1. The van der Waals surface area contributed by atoms with Crippen LogP contribution in [-0.4, -0.2) is 44.1 Å². The summed E-state index contributed by atoms with van der Waals surface area (Å²) in [5, 5.41) is 7.21. The molecule has 0 radical (unpaired) electrons. The zero-order chi connectivity index (χ0) is 18.9. The van der Waals surface area contributed by atoms with Gasteiger partial charge in [0.1, 0.15) is 0 Å². The van der Waals surface area contributed by atoms with Gasteiger partial charge in [0, 0.05) is 36.0 Å². The van der Waals surface area contributed by atoms with Crippen molar-refractivity contribution in [2.24, 2.45) is 11.3 Å². The van der Waals surface area contributed by atoms with Gasteiger partial charge in [0.05, 0.1) is 23.3 Å². The molecule has 26 heavy (non-hydrogen) atoms. The van der Waals surface area contributed by atoms with Crippen molar-refractivity contribution in [3.8, 4) is 11.3 Å². The second-order valence-corrected chi connectivity index (χ2v) is 8.42. The summed E-state index contributed by atoms with van der Waals surface area (Å²) in [7, 11) is 0. The van der Waals surface area contributed by atoms with Crippen molar-refractivity contribution in [2.45, 2.75) is 53.9 Å². The Morgan fingerprint density at radius 3 is 2.62 bits per heavy atom. The van der Waals surface area contributed by atoms with Crippen LogP contribution in [0.25, 0.3) is 11.3 Å². The molecule has 1 atom stereocenters. The number of likely N-dealkylation sites (tertiary alicyclic amines) is 1. The summed E-state index contributed by atoms with van der Waals surface area (Å²) < 4.78 is 0. The number of nitrogens with zero attached hydrogens (tertiary/aromatic N) is 4. The SMILES string of the molecule is Cc1n[nH]c(C)c1-c1cnc(C[C@H]2CCCN(C(=O)C(C)(C)C)C2)cn1. The molecule has 1 saturated heterocycles. The Morgan fingerprint density at radius 2 is 2.04 bits per heavy atom. The summed E-state index contributed by atoms with van der Waals surface area (Å²) in [6, 6.07) is 0. The van der Waals surface area contributed by atoms with Gasteiger partial charge in [-0.2, -0.15) is 5.10 Å². The number of hydrogen-bond acceptors (Lipinski definition) is 4. The van der Waals surface area contributed by atoms with E-state index in [0.717, 1.165) is 60.7 Å². The highest BCUT2D eigenvalue weighted by atomic mass is 16.2. The van der Waals surface area contributed by atoms with E-state index < -0.39 is 0 Å². The smallest absolute Gasteiger partial charge is 0.227 e. The summed E-state index contributed by atoms with van der Waals surface area (Å²) in [4.78, 5) is 23.8. The fourth-order valence-electron chi connectivity index (χ4n) is 3.70. The minimum Gasteiger partial charge on any atom is -0.342 e. The molecule has 3 rings (SSSR count). The van der Waals surface area contributed by atoms with Crippen LogP contribution >= 0.6 is 0 Å². The van der Waals surface area contributed by atoms with E-state index in [1.807, 2.05) is 51.9 Å². The second kappa shape index (κ2) is 7.17. The fraction of sp³-hybridized carbons (Fsp3) is 0.600. The minimum absolute atomic E-state index is 0.245. The first-order valence-corrected chi connectivity index (χ1v) is 9.38. The molecule has 0 aliphatic carbocycles. The van der Waals surface area contributed by atoms with Crippen molar-refractivity contribution in [3.05, 3.63) is 29.5 Å². The van der Waals surface area contributed by atoms with Gasteiger partial charge in [-0.1, -0.05) is 20.8 Å². The number of aromatic nitrogens is 4. The van der Waals surface area contributed by atoms with Gasteiger partial charge in [-0.05, 0) is 39.0 Å². The molecule has 1 amide bonds. The average molecular weight is 355 g/mol. The quantitative estimate of drug-likeness (QED) is 0.916. The van der Waals surface area contributed by atoms with Crippen LogP contribution in [0.1, 0.15) is 50.7 Å². The maximum Gasteiger partial charge on any atom is 0.227 e. The van der Waals surface area contributed by atoms with Crippen LogP contribution < -0.4 is 0 Å². The summed E-state index contributed by atoms with van der Waals surface area (Å²) in [6.45, 7) is 11.6. The highest BCUT2D eigenvalue weighted by Crippen LogP contribution is 2.26. The highest BCUT2D eigenvalue weighted by Gasteiger charge is 2.31. The normalized spacial score (nSPS) is 18.2. The average Bonchev–Trinajstić information content (AvgIpc) is 2.93. The van der Waals surface area contributed by atoms with Crippen molar-refractivity contribution in [1.29, 1.82) is 0 Å². The molecule has 6 heteroatoms. The van der Waals surface area contributed by atoms with Gasteiger partial charge in [0.25, 0.3) is 0 Å². The van der Waals surface area contributed by atoms with E-state index in [2.05, 4.69) is 20.2 Å². The molecule has 1 aliphatic heterocycles. The fourth-order valence-corrected chi connectivity index (χ4v) is 3.70. The van der Waals surface area contributed by atoms with Crippen LogP contribution in [0.2, 0.25) is 0 Å². The van der Waals surface area contributed by atoms with E-state index in [-0.39, 0.29) is 11.3 Å². The van der Waals surface area contributed by atoms with Crippen molar-refractivity contribution >= 4 is 5.91 Å². The summed E-state index contributed by atoms with van der Waals surface area (Å²) >= 11 is 0. The molecule has 0 aromatic carbocycles. The first kappa shape index (κ1) is 18.5. The standard InChI is InChI=1S/C20H29N5O/c1-13-18(14(2)24-23-13)17-11-21-16(10-22-17)9-15-7-6-8-25(12-15)19(26)20(3,4)5/h10-11,15H,6-9,12H2,1-5H3,(H,23,24)/t15-/m1/s1. The molecule has 0 saturated carbocycles. The van der Waals surface area contributed by atoms with Crippen LogP contribution in [0.15, 0.2) is 12.4 Å². The zero-order valence-corrected chi connectivity index (χ0v) is 16.5. The Labute approximate surface area is 155 Å². The number of piperidine rings is 1. The van der Waals surface area contributed by atoms with Gasteiger partial charge >= 0.3 is 0 Å². The van der Waals surface area contributed by atoms with Gasteiger partial charge in [-0.25, -0.2) is 0 Å². The molecule has 0 spiro atoms. The van der Waals surface area contributed by atoms with Crippen LogP contribution in [0.4, 0.5) is 0 Å². The number of hydrogen-bond donors (Lipinski definition) is 1. The van der Waals surface area contributed by atoms with Crippen LogP contribution in [0, 0.1) is 25.2 Å². The number of carbonyl (C=O) groups is 1. The van der Waals surface area contributed by atoms with Gasteiger partial charge < -0.3 is 4.90 Å². The topological polar surface area (TPSA) is 74.8 Å². The summed E-state index contributed by atoms with van der Waals surface area (Å²) in [6.07, 6.45) is 6.76. The molecule has 1 N–H and O–H groups in total. The number of amides is 1. The third-order valence-electron chi connectivity index (χ3n) is 5.04. The molecule has 2 aromatic heterocycles. The molecule has 3 heterocycles. The molecule has 6 nitrogen and oxygen atoms in total. The summed E-state index contributed by atoms with van der Waals surface area (Å²) in [5.41, 5.74) is 4.50. The van der Waals surface area contributed by atoms with Crippen LogP contribution in [0.3, 0.4) is 0 Å².